The topological polar surface area (TPSA) is 75.9 Å². The number of benzene rings is 2. The molecule has 0 fully saturated rings. The summed E-state index contributed by atoms with van der Waals surface area (Å²) in [5.41, 5.74) is 10.8. The summed E-state index contributed by atoms with van der Waals surface area (Å²) < 4.78 is 13.0. The summed E-state index contributed by atoms with van der Waals surface area (Å²) in [6.45, 7) is 4.54. The standard InChI is InChI=1S/C19H20FN5/c1-12-3-4-13(2)16(9-12)25-19-17(21)18(23-11-24-19)22-10-14-5-7-15(20)8-6-14/h3-9,11H,10,21H2,1-2H3,(H2,22,23,24,25). The fourth-order valence-corrected chi connectivity index (χ4v) is 2.42. The molecule has 0 aliphatic carbocycles. The summed E-state index contributed by atoms with van der Waals surface area (Å²) in [5, 5.41) is 6.42. The SMILES string of the molecule is Cc1ccc(C)c(Nc2ncnc(NCc3ccc(F)cc3)c2N)c1. The van der Waals surface area contributed by atoms with Crippen LogP contribution in [0.2, 0.25) is 0 Å². The van der Waals surface area contributed by atoms with E-state index < -0.39 is 0 Å². The molecule has 0 saturated carbocycles. The zero-order valence-corrected chi connectivity index (χ0v) is 14.2. The van der Waals surface area contributed by atoms with Crippen LogP contribution in [0.15, 0.2) is 48.8 Å². The zero-order chi connectivity index (χ0) is 17.8. The largest absolute Gasteiger partial charge is 0.393 e. The number of hydrogen-bond acceptors (Lipinski definition) is 5. The third-order valence-electron chi connectivity index (χ3n) is 3.90. The number of halogens is 1. The molecule has 1 aromatic heterocycles. The Kier molecular flexibility index (Phi) is 4.79. The van der Waals surface area contributed by atoms with Crippen LogP contribution in [0.3, 0.4) is 0 Å². The van der Waals surface area contributed by atoms with E-state index in [1.165, 1.54) is 18.5 Å². The first-order valence-electron chi connectivity index (χ1n) is 7.96. The van der Waals surface area contributed by atoms with Crippen molar-refractivity contribution in [3.63, 3.8) is 0 Å². The Balaban J connectivity index is 1.77. The summed E-state index contributed by atoms with van der Waals surface area (Å²) in [4.78, 5) is 8.43. The van der Waals surface area contributed by atoms with Gasteiger partial charge in [-0.25, -0.2) is 14.4 Å². The Morgan fingerprint density at radius 3 is 2.48 bits per heavy atom. The van der Waals surface area contributed by atoms with Crippen molar-refractivity contribution in [3.8, 4) is 0 Å². The van der Waals surface area contributed by atoms with Gasteiger partial charge in [-0.3, -0.25) is 0 Å². The van der Waals surface area contributed by atoms with E-state index in [2.05, 4.69) is 26.7 Å². The predicted molar refractivity (Wildman–Crippen MR) is 99.4 cm³/mol. The maximum atomic E-state index is 13.0. The van der Waals surface area contributed by atoms with E-state index in [9.17, 15) is 4.39 Å². The molecule has 0 radical (unpaired) electrons. The van der Waals surface area contributed by atoms with Crippen molar-refractivity contribution in [2.45, 2.75) is 20.4 Å². The maximum Gasteiger partial charge on any atom is 0.159 e. The molecule has 5 nitrogen and oxygen atoms in total. The van der Waals surface area contributed by atoms with Gasteiger partial charge in [0, 0.05) is 12.2 Å². The first-order chi connectivity index (χ1) is 12.0. The molecule has 25 heavy (non-hydrogen) atoms. The van der Waals surface area contributed by atoms with Crippen LogP contribution in [0.5, 0.6) is 0 Å². The van der Waals surface area contributed by atoms with Crippen molar-refractivity contribution in [2.75, 3.05) is 16.4 Å². The molecule has 6 heteroatoms. The van der Waals surface area contributed by atoms with E-state index in [-0.39, 0.29) is 5.82 Å². The van der Waals surface area contributed by atoms with E-state index in [4.69, 9.17) is 5.73 Å². The first-order valence-corrected chi connectivity index (χ1v) is 7.96. The molecule has 1 heterocycles. The lowest BCUT2D eigenvalue weighted by Crippen LogP contribution is -2.08. The minimum Gasteiger partial charge on any atom is -0.393 e. The Morgan fingerprint density at radius 1 is 1.00 bits per heavy atom. The van der Waals surface area contributed by atoms with Gasteiger partial charge in [0.15, 0.2) is 11.6 Å². The molecule has 0 aliphatic heterocycles. The molecule has 128 valence electrons. The molecular formula is C19H20FN5. The molecular weight excluding hydrogens is 317 g/mol. The number of nitrogen functional groups attached to an aromatic ring is 1. The Morgan fingerprint density at radius 2 is 1.72 bits per heavy atom. The third kappa shape index (κ3) is 4.03. The molecule has 4 N–H and O–H groups in total. The van der Waals surface area contributed by atoms with Gasteiger partial charge in [-0.15, -0.1) is 0 Å². The van der Waals surface area contributed by atoms with Gasteiger partial charge in [-0.2, -0.15) is 0 Å². The van der Waals surface area contributed by atoms with Crippen molar-refractivity contribution in [2.24, 2.45) is 0 Å². The molecule has 0 amide bonds. The van der Waals surface area contributed by atoms with E-state index >= 15 is 0 Å². The number of aromatic nitrogens is 2. The monoisotopic (exact) mass is 337 g/mol. The van der Waals surface area contributed by atoms with Crippen LogP contribution < -0.4 is 16.4 Å². The van der Waals surface area contributed by atoms with Gasteiger partial charge in [0.05, 0.1) is 0 Å². The van der Waals surface area contributed by atoms with Gasteiger partial charge >= 0.3 is 0 Å². The number of anilines is 4. The van der Waals surface area contributed by atoms with E-state index in [0.717, 1.165) is 22.4 Å². The van der Waals surface area contributed by atoms with Crippen molar-refractivity contribution >= 4 is 23.0 Å². The number of nitrogens with two attached hydrogens (primary N) is 1. The van der Waals surface area contributed by atoms with Gasteiger partial charge in [-0.1, -0.05) is 24.3 Å². The maximum absolute atomic E-state index is 13.0. The second-order valence-electron chi connectivity index (χ2n) is 5.91. The lowest BCUT2D eigenvalue weighted by atomic mass is 10.1. The fraction of sp³-hybridized carbons (Fsp3) is 0.158. The van der Waals surface area contributed by atoms with Crippen molar-refractivity contribution in [3.05, 3.63) is 71.3 Å². The van der Waals surface area contributed by atoms with Gasteiger partial charge in [-0.05, 0) is 48.7 Å². The third-order valence-corrected chi connectivity index (χ3v) is 3.90. The van der Waals surface area contributed by atoms with Crippen LogP contribution in [0.4, 0.5) is 27.4 Å². The molecule has 0 spiro atoms. The van der Waals surface area contributed by atoms with E-state index in [0.29, 0.717) is 23.9 Å². The highest BCUT2D eigenvalue weighted by Gasteiger charge is 2.09. The van der Waals surface area contributed by atoms with Crippen LogP contribution in [-0.4, -0.2) is 9.97 Å². The molecule has 0 unspecified atom stereocenters. The predicted octanol–water partition coefficient (Wildman–Crippen LogP) is 4.17. The number of nitrogens with zero attached hydrogens (tertiary/aromatic N) is 2. The Labute approximate surface area is 146 Å². The normalized spacial score (nSPS) is 10.5. The average molecular weight is 337 g/mol. The number of hydrogen-bond donors (Lipinski definition) is 3. The smallest absolute Gasteiger partial charge is 0.159 e. The fourth-order valence-electron chi connectivity index (χ4n) is 2.42. The highest BCUT2D eigenvalue weighted by Crippen LogP contribution is 2.28. The summed E-state index contributed by atoms with van der Waals surface area (Å²) in [6.07, 6.45) is 1.46. The lowest BCUT2D eigenvalue weighted by molar-refractivity contribution is 0.627. The van der Waals surface area contributed by atoms with Crippen LogP contribution in [0.1, 0.15) is 16.7 Å². The lowest BCUT2D eigenvalue weighted by Gasteiger charge is -2.14. The van der Waals surface area contributed by atoms with Crippen LogP contribution >= 0.6 is 0 Å². The second kappa shape index (κ2) is 7.17. The van der Waals surface area contributed by atoms with E-state index in [1.54, 1.807) is 12.1 Å². The number of aryl methyl sites for hydroxylation is 2. The molecule has 0 aliphatic rings. The molecule has 0 saturated heterocycles. The molecule has 0 bridgehead atoms. The number of nitrogens with one attached hydrogen (secondary N) is 2. The molecule has 2 aromatic carbocycles. The van der Waals surface area contributed by atoms with Gasteiger partial charge in [0.1, 0.15) is 17.8 Å². The summed E-state index contributed by atoms with van der Waals surface area (Å²) in [7, 11) is 0. The van der Waals surface area contributed by atoms with E-state index in [1.807, 2.05) is 26.0 Å². The molecule has 3 rings (SSSR count). The van der Waals surface area contributed by atoms with Crippen molar-refractivity contribution < 1.29 is 4.39 Å². The quantitative estimate of drug-likeness (QED) is 0.651. The first kappa shape index (κ1) is 16.7. The minimum absolute atomic E-state index is 0.259. The average Bonchev–Trinajstić information content (AvgIpc) is 2.60. The summed E-state index contributed by atoms with van der Waals surface area (Å²) >= 11 is 0. The highest BCUT2D eigenvalue weighted by atomic mass is 19.1. The van der Waals surface area contributed by atoms with Gasteiger partial charge in [0.2, 0.25) is 0 Å². The number of rotatable bonds is 5. The van der Waals surface area contributed by atoms with Gasteiger partial charge < -0.3 is 16.4 Å². The van der Waals surface area contributed by atoms with Crippen LogP contribution in [0, 0.1) is 19.7 Å². The zero-order valence-electron chi connectivity index (χ0n) is 14.2. The minimum atomic E-state index is -0.259. The molecule has 0 atom stereocenters. The summed E-state index contributed by atoms with van der Waals surface area (Å²) in [5.74, 6) is 0.822. The van der Waals surface area contributed by atoms with Crippen LogP contribution in [0.25, 0.3) is 0 Å². The highest BCUT2D eigenvalue weighted by molar-refractivity contribution is 5.78. The van der Waals surface area contributed by atoms with Gasteiger partial charge in [0.25, 0.3) is 0 Å². The summed E-state index contributed by atoms with van der Waals surface area (Å²) in [6, 6.07) is 12.4. The van der Waals surface area contributed by atoms with Crippen LogP contribution in [-0.2, 0) is 6.54 Å². The van der Waals surface area contributed by atoms with Crippen molar-refractivity contribution in [1.82, 2.24) is 9.97 Å². The van der Waals surface area contributed by atoms with Crippen molar-refractivity contribution in [1.29, 1.82) is 0 Å². The molecule has 3 aromatic rings. The Bertz CT molecular complexity index is 877. The Hall–Kier alpha value is -3.15. The second-order valence-corrected chi connectivity index (χ2v) is 5.91.